The van der Waals surface area contributed by atoms with Crippen molar-refractivity contribution in [2.45, 2.75) is 83.5 Å². The number of nitrogens with zero attached hydrogens (tertiary/aromatic N) is 1. The van der Waals surface area contributed by atoms with Gasteiger partial charge in [0.1, 0.15) is 4.90 Å². The maximum absolute atomic E-state index is 10.6. The Morgan fingerprint density at radius 1 is 0.821 bits per heavy atom. The van der Waals surface area contributed by atoms with Crippen LogP contribution < -0.4 is 11.5 Å². The van der Waals surface area contributed by atoms with Crippen LogP contribution in [0.3, 0.4) is 0 Å². The fraction of sp³-hybridized carbons (Fsp3) is 0.714. The van der Waals surface area contributed by atoms with E-state index in [9.17, 15) is 8.42 Å². The zero-order chi connectivity index (χ0) is 21.4. The molecule has 6 nitrogen and oxygen atoms in total. The fourth-order valence-electron chi connectivity index (χ4n) is 2.87. The van der Waals surface area contributed by atoms with E-state index in [0.29, 0.717) is 0 Å². The molecule has 28 heavy (non-hydrogen) atoms. The molecule has 0 aromatic heterocycles. The maximum Gasteiger partial charge on any atom is 0.296 e. The summed E-state index contributed by atoms with van der Waals surface area (Å²) in [6, 6.07) is 3.87. The lowest BCUT2D eigenvalue weighted by molar-refractivity contribution is 0.256. The molecule has 0 aliphatic heterocycles. The summed E-state index contributed by atoms with van der Waals surface area (Å²) < 4.78 is 29.9. The minimum Gasteiger partial charge on any atom is -0.399 e. The molecule has 0 amide bonds. The summed E-state index contributed by atoms with van der Waals surface area (Å²) >= 11 is 0. The number of nitrogens with two attached hydrogens (primary N) is 2. The average molecular weight is 416 g/mol. The summed E-state index contributed by atoms with van der Waals surface area (Å²) in [6.07, 6.45) is 12.4. The Hall–Kier alpha value is -1.31. The largest absolute Gasteiger partial charge is 0.399 e. The number of hydrogen-bond donors (Lipinski definition) is 3. The van der Waals surface area contributed by atoms with Gasteiger partial charge in [0.15, 0.2) is 0 Å². The van der Waals surface area contributed by atoms with Crippen molar-refractivity contribution in [1.82, 2.24) is 4.90 Å². The first-order valence-electron chi connectivity index (χ1n) is 10.6. The second kappa shape index (κ2) is 15.6. The van der Waals surface area contributed by atoms with Crippen LogP contribution in [0.15, 0.2) is 23.1 Å². The minimum atomic E-state index is -4.26. The van der Waals surface area contributed by atoms with Gasteiger partial charge in [0.05, 0.1) is 5.69 Å². The molecule has 0 radical (unpaired) electrons. The molecule has 0 saturated heterocycles. The Morgan fingerprint density at radius 3 is 1.57 bits per heavy atom. The van der Waals surface area contributed by atoms with Crippen LogP contribution in [0, 0.1) is 0 Å². The molecule has 0 saturated carbocycles. The smallest absolute Gasteiger partial charge is 0.296 e. The molecule has 1 rings (SSSR count). The number of hydrogen-bond acceptors (Lipinski definition) is 5. The van der Waals surface area contributed by atoms with Gasteiger partial charge in [-0.3, -0.25) is 4.55 Å². The van der Waals surface area contributed by atoms with Crippen molar-refractivity contribution in [3.63, 3.8) is 0 Å². The molecule has 0 unspecified atom stereocenters. The van der Waals surface area contributed by atoms with Gasteiger partial charge in [0, 0.05) is 5.69 Å². The Morgan fingerprint density at radius 2 is 1.25 bits per heavy atom. The molecule has 5 N–H and O–H groups in total. The predicted molar refractivity (Wildman–Crippen MR) is 120 cm³/mol. The highest BCUT2D eigenvalue weighted by atomic mass is 32.2. The normalized spacial score (nSPS) is 11.3. The van der Waals surface area contributed by atoms with Crippen LogP contribution in [-0.2, 0) is 10.1 Å². The van der Waals surface area contributed by atoms with Crippen LogP contribution >= 0.6 is 0 Å². The summed E-state index contributed by atoms with van der Waals surface area (Å²) in [4.78, 5) is 2.34. The van der Waals surface area contributed by atoms with Crippen molar-refractivity contribution in [3.8, 4) is 0 Å². The van der Waals surface area contributed by atoms with Gasteiger partial charge in [0.25, 0.3) is 10.1 Å². The molecule has 0 spiro atoms. The van der Waals surface area contributed by atoms with Crippen molar-refractivity contribution in [2.75, 3.05) is 31.1 Å². The summed E-state index contributed by atoms with van der Waals surface area (Å²) in [6.45, 7) is 10.9. The van der Waals surface area contributed by atoms with Crippen LogP contribution in [0.2, 0.25) is 0 Å². The topological polar surface area (TPSA) is 110 Å². The van der Waals surface area contributed by atoms with Crippen molar-refractivity contribution in [3.05, 3.63) is 18.2 Å². The Balaban J connectivity index is 0.000000540. The lowest BCUT2D eigenvalue weighted by Crippen LogP contribution is -2.27. The molecule has 7 heteroatoms. The minimum absolute atomic E-state index is 0.0216. The van der Waals surface area contributed by atoms with Gasteiger partial charge < -0.3 is 16.4 Å². The van der Waals surface area contributed by atoms with Crippen molar-refractivity contribution >= 4 is 21.5 Å². The van der Waals surface area contributed by atoms with E-state index in [-0.39, 0.29) is 16.3 Å². The van der Waals surface area contributed by atoms with E-state index in [2.05, 4.69) is 25.7 Å². The number of benzene rings is 1. The number of unbranched alkanes of at least 4 members (excludes halogenated alkanes) is 6. The van der Waals surface area contributed by atoms with Crippen LogP contribution in [-0.4, -0.2) is 37.5 Å². The van der Waals surface area contributed by atoms with E-state index in [0.717, 1.165) is 6.07 Å². The molecule has 1 aromatic carbocycles. The highest BCUT2D eigenvalue weighted by Crippen LogP contribution is 2.20. The van der Waals surface area contributed by atoms with Crippen LogP contribution in [0.1, 0.15) is 78.6 Å². The third-order valence-electron chi connectivity index (χ3n) is 4.55. The maximum atomic E-state index is 10.6. The van der Waals surface area contributed by atoms with Crippen molar-refractivity contribution in [1.29, 1.82) is 0 Å². The zero-order valence-electron chi connectivity index (χ0n) is 18.0. The molecular weight excluding hydrogens is 374 g/mol. The molecule has 1 aromatic rings. The number of anilines is 2. The van der Waals surface area contributed by atoms with E-state index in [1.54, 1.807) is 0 Å². The van der Waals surface area contributed by atoms with Crippen molar-refractivity contribution in [2.24, 2.45) is 0 Å². The fourth-order valence-corrected chi connectivity index (χ4v) is 3.52. The highest BCUT2D eigenvalue weighted by Gasteiger charge is 2.13. The summed E-state index contributed by atoms with van der Waals surface area (Å²) in [5.41, 5.74) is 10.8. The molecule has 0 aliphatic carbocycles. The summed E-state index contributed by atoms with van der Waals surface area (Å²) in [5, 5.41) is 0. The van der Waals surface area contributed by atoms with Gasteiger partial charge in [-0.1, -0.05) is 59.3 Å². The molecule has 164 valence electrons. The first kappa shape index (κ1) is 26.7. The quantitative estimate of drug-likeness (QED) is 0.239. The van der Waals surface area contributed by atoms with Gasteiger partial charge in [-0.25, -0.2) is 0 Å². The van der Waals surface area contributed by atoms with E-state index in [4.69, 9.17) is 16.0 Å². The van der Waals surface area contributed by atoms with E-state index < -0.39 is 10.1 Å². The molecule has 0 heterocycles. The summed E-state index contributed by atoms with van der Waals surface area (Å²) in [5.74, 6) is 0. The zero-order valence-corrected chi connectivity index (χ0v) is 18.8. The lowest BCUT2D eigenvalue weighted by atomic mass is 10.2. The Labute approximate surface area is 172 Å². The Bertz CT molecular complexity index is 598. The van der Waals surface area contributed by atoms with Gasteiger partial charge >= 0.3 is 0 Å². The third-order valence-corrected chi connectivity index (χ3v) is 5.46. The molecule has 0 atom stereocenters. The first-order chi connectivity index (χ1) is 13.3. The monoisotopic (exact) mass is 415 g/mol. The predicted octanol–water partition coefficient (Wildman–Crippen LogP) is 4.96. The van der Waals surface area contributed by atoms with Crippen molar-refractivity contribution < 1.29 is 13.0 Å². The first-order valence-corrected chi connectivity index (χ1v) is 12.0. The molecular formula is C21H41N3O3S. The molecule has 0 aliphatic rings. The van der Waals surface area contributed by atoms with Gasteiger partial charge in [0.2, 0.25) is 0 Å². The third kappa shape index (κ3) is 13.0. The van der Waals surface area contributed by atoms with Crippen LogP contribution in [0.4, 0.5) is 11.4 Å². The SMILES string of the molecule is CCCCCN(CCCCC)CCCCC.Nc1ccc(N)c(S(=O)(=O)O)c1. The Kier molecular flexibility index (Phi) is 14.9. The van der Waals surface area contributed by atoms with E-state index in [1.165, 1.54) is 89.6 Å². The van der Waals surface area contributed by atoms with Crippen LogP contribution in [0.25, 0.3) is 0 Å². The van der Waals surface area contributed by atoms with E-state index in [1.807, 2.05) is 0 Å². The summed E-state index contributed by atoms with van der Waals surface area (Å²) in [7, 11) is -4.26. The second-order valence-electron chi connectivity index (χ2n) is 7.24. The number of rotatable bonds is 13. The second-order valence-corrected chi connectivity index (χ2v) is 8.63. The highest BCUT2D eigenvalue weighted by molar-refractivity contribution is 7.86. The van der Waals surface area contributed by atoms with Gasteiger partial charge in [-0.2, -0.15) is 8.42 Å². The number of nitrogen functional groups attached to an aromatic ring is 2. The standard InChI is InChI=1S/C15H33N.C6H8N2O3S/c1-4-7-10-13-16(14-11-8-5-2)15-12-9-6-3;7-4-1-2-5(8)6(3-4)12(9,10)11/h4-15H2,1-3H3;1-3H,7-8H2,(H,9,10,11). The van der Waals surface area contributed by atoms with E-state index >= 15 is 0 Å². The molecule has 0 fully saturated rings. The average Bonchev–Trinajstić information content (AvgIpc) is 2.63. The molecule has 0 bridgehead atoms. The lowest BCUT2D eigenvalue weighted by Gasteiger charge is -2.22. The van der Waals surface area contributed by atoms with Gasteiger partial charge in [-0.15, -0.1) is 0 Å². The van der Waals surface area contributed by atoms with Gasteiger partial charge in [-0.05, 0) is 57.1 Å². The van der Waals surface area contributed by atoms with Crippen LogP contribution in [0.5, 0.6) is 0 Å².